The van der Waals surface area contributed by atoms with Crippen molar-refractivity contribution in [3.63, 3.8) is 0 Å². The fourth-order valence-electron chi connectivity index (χ4n) is 3.05. The van der Waals surface area contributed by atoms with Crippen LogP contribution in [0.1, 0.15) is 37.8 Å². The van der Waals surface area contributed by atoms with Gasteiger partial charge < -0.3 is 19.7 Å². The largest absolute Gasteiger partial charge is 0.493 e. The number of amides is 2. The van der Waals surface area contributed by atoms with Crippen LogP contribution in [0.3, 0.4) is 0 Å². The summed E-state index contributed by atoms with van der Waals surface area (Å²) >= 11 is 0. The molecular formula is C24H32N2O4. The van der Waals surface area contributed by atoms with Crippen LogP contribution >= 0.6 is 0 Å². The summed E-state index contributed by atoms with van der Waals surface area (Å²) in [6.07, 6.45) is 1.90. The molecule has 0 aliphatic heterocycles. The summed E-state index contributed by atoms with van der Waals surface area (Å²) in [6, 6.07) is 14.4. The topological polar surface area (TPSA) is 67.9 Å². The zero-order chi connectivity index (χ0) is 21.9. The van der Waals surface area contributed by atoms with Crippen LogP contribution in [0.4, 0.5) is 0 Å². The van der Waals surface area contributed by atoms with Gasteiger partial charge in [0.05, 0.1) is 7.11 Å². The van der Waals surface area contributed by atoms with Crippen LogP contribution in [-0.2, 0) is 16.1 Å². The zero-order valence-corrected chi connectivity index (χ0v) is 18.3. The van der Waals surface area contributed by atoms with Crippen LogP contribution in [-0.4, -0.2) is 43.0 Å². The Bertz CT molecular complexity index is 837. The molecule has 0 aliphatic carbocycles. The molecule has 0 fully saturated rings. The second-order valence-electron chi connectivity index (χ2n) is 7.21. The summed E-state index contributed by atoms with van der Waals surface area (Å²) in [5.41, 5.74) is 2.07. The SMILES string of the molecule is CCCCNC(=O)[C@H](C)N(Cc1ccccc1C)C(=O)COc1ccccc1OC. The summed E-state index contributed by atoms with van der Waals surface area (Å²) < 4.78 is 11.0. The maximum absolute atomic E-state index is 13.1. The van der Waals surface area contributed by atoms with Gasteiger partial charge in [-0.3, -0.25) is 9.59 Å². The Morgan fingerprint density at radius 2 is 1.73 bits per heavy atom. The lowest BCUT2D eigenvalue weighted by atomic mass is 10.1. The summed E-state index contributed by atoms with van der Waals surface area (Å²) in [5, 5.41) is 2.92. The van der Waals surface area contributed by atoms with Crippen LogP contribution in [0.5, 0.6) is 11.5 Å². The van der Waals surface area contributed by atoms with E-state index in [2.05, 4.69) is 12.2 Å². The van der Waals surface area contributed by atoms with Gasteiger partial charge in [0.25, 0.3) is 5.91 Å². The van der Waals surface area contributed by atoms with Gasteiger partial charge in [-0.1, -0.05) is 49.7 Å². The molecule has 0 unspecified atom stereocenters. The average Bonchev–Trinajstić information content (AvgIpc) is 2.76. The second-order valence-corrected chi connectivity index (χ2v) is 7.21. The van der Waals surface area contributed by atoms with Crippen LogP contribution in [0.15, 0.2) is 48.5 Å². The third kappa shape index (κ3) is 6.51. The molecule has 2 amide bonds. The number of nitrogens with one attached hydrogen (secondary N) is 1. The maximum Gasteiger partial charge on any atom is 0.261 e. The molecule has 0 bridgehead atoms. The highest BCUT2D eigenvalue weighted by molar-refractivity contribution is 5.88. The van der Waals surface area contributed by atoms with Gasteiger partial charge in [0.1, 0.15) is 6.04 Å². The van der Waals surface area contributed by atoms with Crippen LogP contribution < -0.4 is 14.8 Å². The molecule has 1 N–H and O–H groups in total. The number of methoxy groups -OCH3 is 1. The fourth-order valence-corrected chi connectivity index (χ4v) is 3.05. The highest BCUT2D eigenvalue weighted by Crippen LogP contribution is 2.26. The number of para-hydroxylation sites is 2. The molecule has 2 aromatic carbocycles. The second kappa shape index (κ2) is 11.9. The molecule has 6 heteroatoms. The van der Waals surface area contributed by atoms with Crippen molar-refractivity contribution >= 4 is 11.8 Å². The first-order valence-corrected chi connectivity index (χ1v) is 10.3. The number of hydrogen-bond donors (Lipinski definition) is 1. The van der Waals surface area contributed by atoms with E-state index in [1.165, 1.54) is 0 Å². The summed E-state index contributed by atoms with van der Waals surface area (Å²) in [7, 11) is 1.55. The first-order valence-electron chi connectivity index (χ1n) is 10.3. The molecule has 1 atom stereocenters. The number of hydrogen-bond acceptors (Lipinski definition) is 4. The Morgan fingerprint density at radius 1 is 1.07 bits per heavy atom. The molecular weight excluding hydrogens is 380 g/mol. The number of carbonyl (C=O) groups is 2. The van der Waals surface area contributed by atoms with Crippen molar-refractivity contribution in [1.82, 2.24) is 10.2 Å². The lowest BCUT2D eigenvalue weighted by molar-refractivity contribution is -0.142. The molecule has 2 aromatic rings. The maximum atomic E-state index is 13.1. The third-order valence-corrected chi connectivity index (χ3v) is 5.02. The van der Waals surface area contributed by atoms with Gasteiger partial charge in [0.15, 0.2) is 18.1 Å². The highest BCUT2D eigenvalue weighted by Gasteiger charge is 2.27. The smallest absolute Gasteiger partial charge is 0.261 e. The molecule has 2 rings (SSSR count). The number of benzene rings is 2. The fraction of sp³-hybridized carbons (Fsp3) is 0.417. The van der Waals surface area contributed by atoms with Crippen molar-refractivity contribution in [3.8, 4) is 11.5 Å². The normalized spacial score (nSPS) is 11.5. The first-order chi connectivity index (χ1) is 14.5. The van der Waals surface area contributed by atoms with E-state index in [1.807, 2.05) is 43.3 Å². The van der Waals surface area contributed by atoms with E-state index in [0.717, 1.165) is 24.0 Å². The molecule has 0 radical (unpaired) electrons. The number of carbonyl (C=O) groups excluding carboxylic acids is 2. The number of ether oxygens (including phenoxy) is 2. The van der Waals surface area contributed by atoms with Crippen molar-refractivity contribution < 1.29 is 19.1 Å². The van der Waals surface area contributed by atoms with Gasteiger partial charge in [-0.2, -0.15) is 0 Å². The lowest BCUT2D eigenvalue weighted by Gasteiger charge is -2.29. The monoisotopic (exact) mass is 412 g/mol. The van der Waals surface area contributed by atoms with Gasteiger partial charge in [0.2, 0.25) is 5.91 Å². The quantitative estimate of drug-likeness (QED) is 0.571. The molecule has 0 saturated heterocycles. The Balaban J connectivity index is 2.15. The van der Waals surface area contributed by atoms with Crippen molar-refractivity contribution in [2.45, 2.75) is 46.2 Å². The van der Waals surface area contributed by atoms with Crippen LogP contribution in [0, 0.1) is 6.92 Å². The summed E-state index contributed by atoms with van der Waals surface area (Å²) in [6.45, 7) is 6.57. The standard InChI is InChI=1S/C24H32N2O4/c1-5-6-15-25-24(28)19(3)26(16-20-12-8-7-11-18(20)2)23(27)17-30-22-14-10-9-13-21(22)29-4/h7-14,19H,5-6,15-17H2,1-4H3,(H,25,28)/t19-/m0/s1. The van der Waals surface area contributed by atoms with Crippen molar-refractivity contribution in [2.24, 2.45) is 0 Å². The zero-order valence-electron chi connectivity index (χ0n) is 18.3. The van der Waals surface area contributed by atoms with Gasteiger partial charge in [0, 0.05) is 13.1 Å². The molecule has 0 aromatic heterocycles. The Morgan fingerprint density at radius 3 is 2.40 bits per heavy atom. The number of unbranched alkanes of at least 4 members (excludes halogenated alkanes) is 1. The van der Waals surface area contributed by atoms with Crippen LogP contribution in [0.25, 0.3) is 0 Å². The van der Waals surface area contributed by atoms with E-state index in [-0.39, 0.29) is 18.4 Å². The van der Waals surface area contributed by atoms with E-state index >= 15 is 0 Å². The van der Waals surface area contributed by atoms with E-state index in [1.54, 1.807) is 31.1 Å². The molecule has 0 heterocycles. The summed E-state index contributed by atoms with van der Waals surface area (Å²) in [4.78, 5) is 27.3. The predicted octanol–water partition coefficient (Wildman–Crippen LogP) is 3.72. The van der Waals surface area contributed by atoms with E-state index < -0.39 is 6.04 Å². The molecule has 6 nitrogen and oxygen atoms in total. The summed E-state index contributed by atoms with van der Waals surface area (Å²) in [5.74, 6) is 0.621. The third-order valence-electron chi connectivity index (χ3n) is 5.02. The molecule has 0 aliphatic rings. The van der Waals surface area contributed by atoms with Crippen molar-refractivity contribution in [3.05, 3.63) is 59.7 Å². The molecule has 162 valence electrons. The number of rotatable bonds is 11. The Hall–Kier alpha value is -3.02. The van der Waals surface area contributed by atoms with Gasteiger partial charge >= 0.3 is 0 Å². The van der Waals surface area contributed by atoms with Gasteiger partial charge in [-0.15, -0.1) is 0 Å². The Kier molecular flexibility index (Phi) is 9.19. The molecule has 30 heavy (non-hydrogen) atoms. The van der Waals surface area contributed by atoms with E-state index in [4.69, 9.17) is 9.47 Å². The van der Waals surface area contributed by atoms with Gasteiger partial charge in [-0.25, -0.2) is 0 Å². The molecule has 0 spiro atoms. The first kappa shape index (κ1) is 23.3. The van der Waals surface area contributed by atoms with E-state index in [0.29, 0.717) is 24.6 Å². The lowest BCUT2D eigenvalue weighted by Crippen LogP contribution is -2.49. The minimum Gasteiger partial charge on any atom is -0.493 e. The Labute approximate surface area is 179 Å². The van der Waals surface area contributed by atoms with Crippen molar-refractivity contribution in [2.75, 3.05) is 20.3 Å². The van der Waals surface area contributed by atoms with Gasteiger partial charge in [-0.05, 0) is 43.5 Å². The number of nitrogens with zero attached hydrogens (tertiary/aromatic N) is 1. The minimum absolute atomic E-state index is 0.164. The average molecular weight is 413 g/mol. The predicted molar refractivity (Wildman–Crippen MR) is 118 cm³/mol. The number of aryl methyl sites for hydroxylation is 1. The highest BCUT2D eigenvalue weighted by atomic mass is 16.5. The van der Waals surface area contributed by atoms with Crippen molar-refractivity contribution in [1.29, 1.82) is 0 Å². The minimum atomic E-state index is -0.616. The molecule has 0 saturated carbocycles. The van der Waals surface area contributed by atoms with E-state index in [9.17, 15) is 9.59 Å². The van der Waals surface area contributed by atoms with Crippen LogP contribution in [0.2, 0.25) is 0 Å².